The van der Waals surface area contributed by atoms with Gasteiger partial charge in [-0.1, -0.05) is 0 Å². The van der Waals surface area contributed by atoms with Crippen LogP contribution < -0.4 is 0 Å². The third kappa shape index (κ3) is 9.91. The van der Waals surface area contributed by atoms with Crippen molar-refractivity contribution in [3.8, 4) is 0 Å². The zero-order valence-corrected chi connectivity index (χ0v) is 10.4. The summed E-state index contributed by atoms with van der Waals surface area (Å²) in [5, 5.41) is 0. The van der Waals surface area contributed by atoms with E-state index in [0.717, 1.165) is 0 Å². The monoisotopic (exact) mass is 272 g/mol. The van der Waals surface area contributed by atoms with Gasteiger partial charge in [-0.3, -0.25) is 0 Å². The fourth-order valence-electron chi connectivity index (χ4n) is 0. The molecule has 0 bridgehead atoms. The topological polar surface area (TPSA) is 48.6 Å². The molecule has 0 heterocycles. The maximum atomic E-state index is 8.42. The van der Waals surface area contributed by atoms with Crippen LogP contribution in [0.25, 0.3) is 0 Å². The Morgan fingerprint density at radius 3 is 1.25 bits per heavy atom. The van der Waals surface area contributed by atoms with Gasteiger partial charge in [0.25, 0.3) is 0 Å². The summed E-state index contributed by atoms with van der Waals surface area (Å²) in [5.74, 6) is 0. The van der Waals surface area contributed by atoms with Gasteiger partial charge >= 0.3 is 51.1 Å². The van der Waals surface area contributed by atoms with Gasteiger partial charge in [0.1, 0.15) is 0 Å². The summed E-state index contributed by atoms with van der Waals surface area (Å²) in [4.78, 5) is 0. The Hall–Kier alpha value is 1.43. The average Bonchev–Trinajstić information content (AvgIpc) is 1.00. The van der Waals surface area contributed by atoms with E-state index < -0.39 is 0 Å². The second-order valence-corrected chi connectivity index (χ2v) is 0. The molecule has 0 aromatic carbocycles. The van der Waals surface area contributed by atoms with Crippen molar-refractivity contribution in [2.24, 2.45) is 0 Å². The first-order valence-electron chi connectivity index (χ1n) is 0.289. The molecule has 0 aliphatic rings. The molecular formula is H5InO2Sn. The molecule has 0 amide bonds. The summed E-state index contributed by atoms with van der Waals surface area (Å²) in [6, 6.07) is 0. The summed E-state index contributed by atoms with van der Waals surface area (Å²) >= 11 is -0.1000. The molecule has 2 nitrogen and oxygen atoms in total. The van der Waals surface area contributed by atoms with Gasteiger partial charge in [-0.15, -0.1) is 0 Å². The van der Waals surface area contributed by atoms with Crippen LogP contribution in [0.15, 0.2) is 0 Å². The van der Waals surface area contributed by atoms with Crippen LogP contribution in [0.2, 0.25) is 0 Å². The molecular weight excluding hydrogens is 266 g/mol. The first-order valence-corrected chi connectivity index (χ1v) is 1.94. The summed E-state index contributed by atoms with van der Waals surface area (Å²) in [7, 11) is 0. The zero-order valence-electron chi connectivity index (χ0n) is 2.32. The third-order valence-corrected chi connectivity index (χ3v) is 0. The third-order valence-electron chi connectivity index (χ3n) is 0. The Morgan fingerprint density at radius 2 is 1.25 bits per heavy atom. The van der Waals surface area contributed by atoms with E-state index in [0.29, 0.717) is 0 Å². The standard InChI is InChI=1S/In.H2O.O.Sn.3H/h;1H2;;;;;. The molecule has 2 radical (unpaired) electrons. The van der Waals surface area contributed by atoms with Gasteiger partial charge in [-0.2, -0.15) is 0 Å². The molecule has 0 unspecified atom stereocenters. The van der Waals surface area contributed by atoms with E-state index >= 15 is 0 Å². The van der Waals surface area contributed by atoms with Crippen LogP contribution in [0.4, 0.5) is 0 Å². The minimum atomic E-state index is -0.1000. The molecule has 0 atom stereocenters. The normalized spacial score (nSPS) is 0.750. The van der Waals surface area contributed by atoms with Crippen molar-refractivity contribution in [3.63, 3.8) is 0 Å². The van der Waals surface area contributed by atoms with E-state index in [9.17, 15) is 0 Å². The van der Waals surface area contributed by atoms with Gasteiger partial charge in [0.2, 0.25) is 0 Å². The average molecular weight is 271 g/mol. The van der Waals surface area contributed by atoms with E-state index in [-0.39, 0.29) is 53.8 Å². The van der Waals surface area contributed by atoms with Gasteiger partial charge < -0.3 is 5.48 Å². The van der Waals surface area contributed by atoms with Crippen molar-refractivity contribution in [1.82, 2.24) is 0 Å². The molecule has 2 N–H and O–H groups in total. The fourth-order valence-corrected chi connectivity index (χ4v) is 0. The van der Waals surface area contributed by atoms with Crippen LogP contribution in [-0.2, 0) is 2.85 Å². The number of hydrogen-bond acceptors (Lipinski definition) is 1. The van der Waals surface area contributed by atoms with Crippen LogP contribution in [-0.4, -0.2) is 53.8 Å². The van der Waals surface area contributed by atoms with Crippen molar-refractivity contribution < 1.29 is 8.33 Å². The Labute approximate surface area is 56.2 Å². The van der Waals surface area contributed by atoms with Crippen molar-refractivity contribution >= 4 is 48.3 Å². The Kier molecular flexibility index (Phi) is 115. The molecule has 0 spiro atoms. The van der Waals surface area contributed by atoms with Gasteiger partial charge in [-0.25, -0.2) is 0 Å². The number of hydrogen-bond donors (Lipinski definition) is 0. The fraction of sp³-hybridized carbons (Fsp3) is 0. The van der Waals surface area contributed by atoms with Crippen LogP contribution >= 0.6 is 0 Å². The second-order valence-electron chi connectivity index (χ2n) is 0. The van der Waals surface area contributed by atoms with Gasteiger partial charge in [0, 0.05) is 0 Å². The van der Waals surface area contributed by atoms with Crippen molar-refractivity contribution in [2.75, 3.05) is 0 Å². The molecule has 4 heavy (non-hydrogen) atoms. The van der Waals surface area contributed by atoms with E-state index in [2.05, 4.69) is 0 Å². The SMILES string of the molecule is O.[O]=[InH].[SnH2]. The molecule has 0 aliphatic carbocycles. The molecule has 0 aromatic rings. The van der Waals surface area contributed by atoms with Crippen LogP contribution in [0.5, 0.6) is 0 Å². The first-order chi connectivity index (χ1) is 1.00. The summed E-state index contributed by atoms with van der Waals surface area (Å²) in [6.45, 7) is 0. The van der Waals surface area contributed by atoms with Gasteiger partial charge in [0.05, 0.1) is 0 Å². The molecule has 4 heteroatoms. The summed E-state index contributed by atoms with van der Waals surface area (Å²) in [6.07, 6.45) is 0. The summed E-state index contributed by atoms with van der Waals surface area (Å²) in [5.41, 5.74) is 0. The molecule has 0 aromatic heterocycles. The van der Waals surface area contributed by atoms with E-state index in [4.69, 9.17) is 2.85 Å². The van der Waals surface area contributed by atoms with Crippen LogP contribution in [0.3, 0.4) is 0 Å². The minimum absolute atomic E-state index is 0. The quantitative estimate of drug-likeness (QED) is 0.449. The molecule has 0 fully saturated rings. The van der Waals surface area contributed by atoms with Crippen LogP contribution in [0, 0.1) is 0 Å². The summed E-state index contributed by atoms with van der Waals surface area (Å²) < 4.78 is 8.42. The Morgan fingerprint density at radius 1 is 1.25 bits per heavy atom. The van der Waals surface area contributed by atoms with E-state index in [1.807, 2.05) is 0 Å². The molecule has 0 rings (SSSR count). The van der Waals surface area contributed by atoms with Gasteiger partial charge in [-0.05, 0) is 0 Å². The van der Waals surface area contributed by atoms with Crippen LogP contribution in [0.1, 0.15) is 0 Å². The molecule has 24 valence electrons. The molecule has 0 saturated heterocycles. The predicted molar refractivity (Wildman–Crippen MR) is 20.0 cm³/mol. The Bertz CT molecular complexity index is 6.00. The molecule has 0 saturated carbocycles. The number of rotatable bonds is 0. The first kappa shape index (κ1) is 18.1. The van der Waals surface area contributed by atoms with Crippen molar-refractivity contribution in [3.05, 3.63) is 0 Å². The van der Waals surface area contributed by atoms with Crippen molar-refractivity contribution in [1.29, 1.82) is 0 Å². The zero-order chi connectivity index (χ0) is 2.00. The van der Waals surface area contributed by atoms with Gasteiger partial charge in [0.15, 0.2) is 0 Å². The molecule has 0 aliphatic heterocycles. The van der Waals surface area contributed by atoms with E-state index in [1.165, 1.54) is 0 Å². The predicted octanol–water partition coefficient (Wildman–Crippen LogP) is -2.51. The van der Waals surface area contributed by atoms with Crippen molar-refractivity contribution in [2.45, 2.75) is 0 Å². The second kappa shape index (κ2) is 25.5. The maximum absolute atomic E-state index is 8.42. The Balaban J connectivity index is -0.00000000500. The van der Waals surface area contributed by atoms with E-state index in [1.54, 1.807) is 0 Å².